The fraction of sp³-hybridized carbons (Fsp3) is 1.00. The molecule has 1 unspecified atom stereocenters. The van der Waals surface area contributed by atoms with Crippen molar-refractivity contribution in [3.63, 3.8) is 0 Å². The summed E-state index contributed by atoms with van der Waals surface area (Å²) in [6.45, 7) is 12.0. The molecule has 0 radical (unpaired) electrons. The second-order valence-corrected chi connectivity index (χ2v) is 12.4. The van der Waals surface area contributed by atoms with Gasteiger partial charge in [0.1, 0.15) is 0 Å². The van der Waals surface area contributed by atoms with Gasteiger partial charge in [-0.05, 0) is 0 Å². The lowest BCUT2D eigenvalue weighted by atomic mass is 10.2. The van der Waals surface area contributed by atoms with E-state index >= 15 is 0 Å². The summed E-state index contributed by atoms with van der Waals surface area (Å²) in [7, 11) is 0. The summed E-state index contributed by atoms with van der Waals surface area (Å²) >= 11 is 0.700. The van der Waals surface area contributed by atoms with E-state index < -0.39 is 0 Å². The van der Waals surface area contributed by atoms with Crippen molar-refractivity contribution in [3.05, 3.63) is 0 Å². The van der Waals surface area contributed by atoms with E-state index in [2.05, 4.69) is 34.6 Å². The summed E-state index contributed by atoms with van der Waals surface area (Å²) in [4.78, 5) is 0. The topological polar surface area (TPSA) is 0 Å². The molecule has 0 spiro atoms. The van der Waals surface area contributed by atoms with Gasteiger partial charge in [-0.1, -0.05) is 41.0 Å². The maximum atomic E-state index is 2.44. The quantitative estimate of drug-likeness (QED) is 0.561. The van der Waals surface area contributed by atoms with Gasteiger partial charge in [0.05, 0.1) is 0 Å². The summed E-state index contributed by atoms with van der Waals surface area (Å²) in [6, 6.07) is 0. The molecule has 1 atom stereocenters. The molecule has 0 N–H and O–H groups in total. The second-order valence-electron chi connectivity index (χ2n) is 4.61. The van der Waals surface area contributed by atoms with Crippen LogP contribution in [0.5, 0.6) is 0 Å². The Kier molecular flexibility index (Phi) is 6.03. The minimum Gasteiger partial charge on any atom is -0.169 e. The van der Waals surface area contributed by atoms with Crippen LogP contribution in [0.15, 0.2) is 0 Å². The van der Waals surface area contributed by atoms with Crippen molar-refractivity contribution >= 4 is 33.4 Å². The van der Waals surface area contributed by atoms with E-state index in [0.717, 1.165) is 7.59 Å². The normalized spacial score (nSPS) is 13.7. The molecule has 54 valence electrons. The summed E-state index contributed by atoms with van der Waals surface area (Å²) in [5, 5.41) is 0. The van der Waals surface area contributed by atoms with Crippen LogP contribution in [0.3, 0.4) is 0 Å². The van der Waals surface area contributed by atoms with Crippen molar-refractivity contribution in [1.82, 2.24) is 0 Å². The third-order valence-electron chi connectivity index (χ3n) is 2.08. The van der Waals surface area contributed by atoms with Gasteiger partial charge in [0.15, 0.2) is 0 Å². The molecule has 2 heteroatoms. The second kappa shape index (κ2) is 5.23. The zero-order valence-electron chi connectivity index (χ0n) is 8.20. The Hall–Kier alpha value is 1.53. The molecule has 0 fully saturated rings. The van der Waals surface area contributed by atoms with E-state index in [0.29, 0.717) is 33.4 Å². The molecule has 0 saturated carbocycles. The molecule has 0 rings (SSSR count). The van der Waals surface area contributed by atoms with Crippen molar-refractivity contribution in [1.29, 1.82) is 0 Å². The summed E-state index contributed by atoms with van der Waals surface area (Å²) in [5.74, 6) is 0. The molecule has 0 bridgehead atoms. The molecule has 0 saturated heterocycles. The highest BCUT2D eigenvalue weighted by Gasteiger charge is 2.15. The first-order chi connectivity index (χ1) is 4.45. The van der Waals surface area contributed by atoms with Gasteiger partial charge in [0, 0.05) is 0 Å². The Morgan fingerprint density at radius 3 is 2.10 bits per heavy atom. The lowest BCUT2D eigenvalue weighted by molar-refractivity contribution is 0.760. The van der Waals surface area contributed by atoms with Gasteiger partial charge in [-0.15, -0.1) is 0 Å². The van der Waals surface area contributed by atoms with Crippen molar-refractivity contribution in [2.45, 2.75) is 48.6 Å². The van der Waals surface area contributed by atoms with Crippen molar-refractivity contribution in [2.75, 3.05) is 0 Å². The first kappa shape index (κ1) is 11.5. The van der Waals surface area contributed by atoms with E-state index in [1.54, 1.807) is 0 Å². The van der Waals surface area contributed by atoms with Crippen molar-refractivity contribution < 1.29 is 0 Å². The minimum absolute atomic E-state index is 0.330. The molecule has 0 aliphatic heterocycles. The van der Waals surface area contributed by atoms with E-state index in [9.17, 15) is 0 Å². The Balaban J connectivity index is 3.36. The van der Waals surface area contributed by atoms with Gasteiger partial charge < -0.3 is 0 Å². The molecule has 10 heavy (non-hydrogen) atoms. The molecule has 0 amide bonds. The third-order valence-corrected chi connectivity index (χ3v) is 13.8. The van der Waals surface area contributed by atoms with Crippen LogP contribution in [0.4, 0.5) is 0 Å². The lowest BCUT2D eigenvalue weighted by Gasteiger charge is -2.19. The monoisotopic (exact) mass is 162 g/mol. The summed E-state index contributed by atoms with van der Waals surface area (Å²) in [6.07, 6.45) is 1.43. The average Bonchev–Trinajstić information content (AvgIpc) is 1.81. The molecular weight excluding hydrogens is 145 g/mol. The zero-order chi connectivity index (χ0) is 8.20. The maximum absolute atomic E-state index is 2.44. The van der Waals surface area contributed by atoms with Crippen LogP contribution in [0.25, 0.3) is 0 Å². The van der Waals surface area contributed by atoms with Gasteiger partial charge in [-0.25, -0.2) is 0 Å². The van der Waals surface area contributed by atoms with Crippen LogP contribution < -0.4 is 0 Å². The van der Waals surface area contributed by atoms with Crippen LogP contribution >= 0.6 is 0 Å². The highest BCUT2D eigenvalue weighted by atomic mass is 25.4. The summed E-state index contributed by atoms with van der Waals surface area (Å²) in [5.41, 5.74) is 0. The molecular formula is C8H18Mg2. The average molecular weight is 163 g/mol. The number of hydrogen-bond donors (Lipinski definition) is 0. The maximum Gasteiger partial charge on any atom is 0.231 e. The SMILES string of the molecule is CC[CH](C)[Mg][Mg][C](C)(C)C. The van der Waals surface area contributed by atoms with E-state index in [1.165, 1.54) is 6.42 Å². The van der Waals surface area contributed by atoms with Crippen LogP contribution in [-0.4, -0.2) is 33.4 Å². The molecule has 0 aliphatic carbocycles. The van der Waals surface area contributed by atoms with Crippen LogP contribution in [0, 0.1) is 0 Å². The third kappa shape index (κ3) is 7.64. The molecule has 0 aromatic heterocycles. The predicted molar refractivity (Wildman–Crippen MR) is 50.9 cm³/mol. The largest absolute Gasteiger partial charge is 0.231 e. The smallest absolute Gasteiger partial charge is 0.169 e. The van der Waals surface area contributed by atoms with Gasteiger partial charge in [-0.3, -0.25) is 0 Å². The first-order valence-corrected chi connectivity index (χ1v) is 9.98. The molecule has 0 aliphatic rings. The molecule has 0 heterocycles. The van der Waals surface area contributed by atoms with Crippen molar-refractivity contribution in [3.8, 4) is 0 Å². The number of rotatable bonds is 3. The van der Waals surface area contributed by atoms with E-state index in [1.807, 2.05) is 0 Å². The van der Waals surface area contributed by atoms with E-state index in [-0.39, 0.29) is 0 Å². The highest BCUT2D eigenvalue weighted by molar-refractivity contribution is 7.02. The number of hydrogen-bond acceptors (Lipinski definition) is 0. The predicted octanol–water partition coefficient (Wildman–Crippen LogP) is 2.75. The molecule has 0 aromatic carbocycles. The van der Waals surface area contributed by atoms with Crippen LogP contribution in [0.1, 0.15) is 41.0 Å². The zero-order valence-corrected chi connectivity index (χ0v) is 11.0. The fourth-order valence-electron chi connectivity index (χ4n) is 0.884. The summed E-state index contributed by atoms with van der Waals surface area (Å²) < 4.78 is 1.85. The van der Waals surface area contributed by atoms with E-state index in [4.69, 9.17) is 0 Å². The minimum atomic E-state index is 0.330. The molecule has 0 aromatic rings. The Morgan fingerprint density at radius 1 is 1.30 bits per heavy atom. The highest BCUT2D eigenvalue weighted by Crippen LogP contribution is 2.21. The Morgan fingerprint density at radius 2 is 1.80 bits per heavy atom. The van der Waals surface area contributed by atoms with Gasteiger partial charge in [-0.2, -0.15) is 7.59 Å². The van der Waals surface area contributed by atoms with Gasteiger partial charge in [0.25, 0.3) is 0 Å². The Labute approximate surface area is 81.4 Å². The Bertz CT molecular complexity index is 83.7. The van der Waals surface area contributed by atoms with Crippen LogP contribution in [-0.2, 0) is 0 Å². The van der Waals surface area contributed by atoms with Crippen molar-refractivity contribution in [2.24, 2.45) is 0 Å². The van der Waals surface area contributed by atoms with Crippen LogP contribution in [0.2, 0.25) is 7.59 Å². The first-order valence-electron chi connectivity index (χ1n) is 4.45. The van der Waals surface area contributed by atoms with Gasteiger partial charge in [0.2, 0.25) is 33.4 Å². The lowest BCUT2D eigenvalue weighted by Crippen LogP contribution is -2.18. The fourth-order valence-corrected chi connectivity index (χ4v) is 7.95. The van der Waals surface area contributed by atoms with Gasteiger partial charge >= 0.3 is 0 Å². The standard InChI is InChI=1S/2C4H9.2Mg/c1-4(2)3;1-3-4-2;;/h1-3H3;3H,4H2,1-2H3;;. The molecule has 0 nitrogen and oxygen atoms in total.